The third kappa shape index (κ3) is 3.49. The molecular weight excluding hydrogens is 346 g/mol. The Morgan fingerprint density at radius 3 is 2.76 bits per heavy atom. The zero-order chi connectivity index (χ0) is 14.7. The number of halogens is 1. The van der Waals surface area contributed by atoms with Gasteiger partial charge in [-0.15, -0.1) is 11.8 Å². The molecule has 0 bridgehead atoms. The molecule has 5 heteroatoms. The number of benzene rings is 2. The van der Waals surface area contributed by atoms with Crippen molar-refractivity contribution < 1.29 is 0 Å². The normalized spacial score (nSPS) is 10.7. The summed E-state index contributed by atoms with van der Waals surface area (Å²) in [6.45, 7) is 0. The Kier molecular flexibility index (Phi) is 4.31. The Morgan fingerprint density at radius 2 is 1.95 bits per heavy atom. The summed E-state index contributed by atoms with van der Waals surface area (Å²) in [5.41, 5.74) is 9.03. The van der Waals surface area contributed by atoms with Crippen LogP contribution in [-0.2, 0) is 5.75 Å². The molecule has 1 heterocycles. The summed E-state index contributed by atoms with van der Waals surface area (Å²) in [4.78, 5) is 1.08. The highest BCUT2D eigenvalue weighted by Crippen LogP contribution is 2.30. The molecule has 21 heavy (non-hydrogen) atoms. The summed E-state index contributed by atoms with van der Waals surface area (Å²) >= 11 is 5.19. The van der Waals surface area contributed by atoms with Gasteiger partial charge in [-0.25, -0.2) is 4.68 Å². The molecule has 2 aromatic carbocycles. The standard InChI is InChI=1S/C16H14BrN3S/c17-13-6-7-15(18)16(8-13)21-11-12-9-19-20(10-12)14-4-2-1-3-5-14/h1-10H,11,18H2. The van der Waals surface area contributed by atoms with Crippen LogP contribution in [0.15, 0.2) is 70.3 Å². The highest BCUT2D eigenvalue weighted by molar-refractivity contribution is 9.10. The van der Waals surface area contributed by atoms with E-state index in [2.05, 4.69) is 27.2 Å². The van der Waals surface area contributed by atoms with Crippen LogP contribution in [0.2, 0.25) is 0 Å². The van der Waals surface area contributed by atoms with Crippen LogP contribution in [0.25, 0.3) is 5.69 Å². The van der Waals surface area contributed by atoms with Gasteiger partial charge >= 0.3 is 0 Å². The van der Waals surface area contributed by atoms with Gasteiger partial charge in [0.1, 0.15) is 0 Å². The summed E-state index contributed by atoms with van der Waals surface area (Å²) in [7, 11) is 0. The molecule has 1 aromatic heterocycles. The summed E-state index contributed by atoms with van der Waals surface area (Å²) in [5.74, 6) is 0.841. The van der Waals surface area contributed by atoms with E-state index < -0.39 is 0 Å². The molecule has 106 valence electrons. The van der Waals surface area contributed by atoms with E-state index >= 15 is 0 Å². The third-order valence-corrected chi connectivity index (χ3v) is 4.66. The molecular formula is C16H14BrN3S. The van der Waals surface area contributed by atoms with Crippen molar-refractivity contribution in [3.05, 3.63) is 71.0 Å². The molecule has 0 aliphatic carbocycles. The van der Waals surface area contributed by atoms with E-state index in [9.17, 15) is 0 Å². The molecule has 0 aliphatic heterocycles. The molecule has 0 aliphatic rings. The SMILES string of the molecule is Nc1ccc(Br)cc1SCc1cnn(-c2ccccc2)c1. The number of nitrogen functional groups attached to an aromatic ring is 1. The van der Waals surface area contributed by atoms with Crippen LogP contribution in [0.3, 0.4) is 0 Å². The molecule has 0 radical (unpaired) electrons. The minimum atomic E-state index is 0.804. The molecule has 3 nitrogen and oxygen atoms in total. The van der Waals surface area contributed by atoms with Crippen LogP contribution in [-0.4, -0.2) is 9.78 Å². The van der Waals surface area contributed by atoms with Gasteiger partial charge in [-0.3, -0.25) is 0 Å². The number of anilines is 1. The minimum absolute atomic E-state index is 0.804. The largest absolute Gasteiger partial charge is 0.398 e. The highest BCUT2D eigenvalue weighted by atomic mass is 79.9. The Hall–Kier alpha value is -1.72. The second-order valence-electron chi connectivity index (χ2n) is 4.60. The zero-order valence-electron chi connectivity index (χ0n) is 11.2. The van der Waals surface area contributed by atoms with Gasteiger partial charge in [0.25, 0.3) is 0 Å². The van der Waals surface area contributed by atoms with Crippen LogP contribution >= 0.6 is 27.7 Å². The molecule has 0 saturated heterocycles. The number of hydrogen-bond donors (Lipinski definition) is 1. The summed E-state index contributed by atoms with van der Waals surface area (Å²) in [6.07, 6.45) is 3.95. The Morgan fingerprint density at radius 1 is 1.14 bits per heavy atom. The van der Waals surface area contributed by atoms with Crippen LogP contribution < -0.4 is 5.73 Å². The van der Waals surface area contributed by atoms with Gasteiger partial charge in [-0.2, -0.15) is 5.10 Å². The average Bonchev–Trinajstić information content (AvgIpc) is 2.98. The molecule has 2 N–H and O–H groups in total. The van der Waals surface area contributed by atoms with Crippen molar-refractivity contribution in [1.82, 2.24) is 9.78 Å². The van der Waals surface area contributed by atoms with Gasteiger partial charge in [0.2, 0.25) is 0 Å². The van der Waals surface area contributed by atoms with Crippen molar-refractivity contribution in [2.45, 2.75) is 10.6 Å². The molecule has 0 atom stereocenters. The second kappa shape index (κ2) is 6.37. The van der Waals surface area contributed by atoms with Crippen LogP contribution in [0.1, 0.15) is 5.56 Å². The fourth-order valence-corrected chi connectivity index (χ4v) is 3.38. The van der Waals surface area contributed by atoms with Gasteiger partial charge in [0, 0.05) is 32.6 Å². The van der Waals surface area contributed by atoms with Crippen molar-refractivity contribution in [3.63, 3.8) is 0 Å². The smallest absolute Gasteiger partial charge is 0.0645 e. The lowest BCUT2D eigenvalue weighted by Gasteiger charge is -2.04. The molecule has 3 aromatic rings. The predicted octanol–water partition coefficient (Wildman–Crippen LogP) is 4.51. The van der Waals surface area contributed by atoms with Crippen molar-refractivity contribution in [2.75, 3.05) is 5.73 Å². The number of hydrogen-bond acceptors (Lipinski definition) is 3. The van der Waals surface area contributed by atoms with Gasteiger partial charge in [0.05, 0.1) is 11.9 Å². The molecule has 0 unspecified atom stereocenters. The third-order valence-electron chi connectivity index (χ3n) is 3.03. The van der Waals surface area contributed by atoms with E-state index in [4.69, 9.17) is 5.73 Å². The topological polar surface area (TPSA) is 43.8 Å². The predicted molar refractivity (Wildman–Crippen MR) is 91.7 cm³/mol. The minimum Gasteiger partial charge on any atom is -0.398 e. The van der Waals surface area contributed by atoms with Gasteiger partial charge < -0.3 is 5.73 Å². The van der Waals surface area contributed by atoms with Crippen molar-refractivity contribution >= 4 is 33.4 Å². The molecule has 0 amide bonds. The number of nitrogens with zero attached hydrogens (tertiary/aromatic N) is 2. The van der Waals surface area contributed by atoms with Crippen molar-refractivity contribution in [2.24, 2.45) is 0 Å². The summed E-state index contributed by atoms with van der Waals surface area (Å²) in [6, 6.07) is 16.0. The number of para-hydroxylation sites is 1. The monoisotopic (exact) mass is 359 g/mol. The van der Waals surface area contributed by atoms with Gasteiger partial charge in [-0.05, 0) is 30.3 Å². The molecule has 0 spiro atoms. The number of nitrogens with two attached hydrogens (primary N) is 1. The molecule has 0 fully saturated rings. The summed E-state index contributed by atoms with van der Waals surface area (Å²) < 4.78 is 2.93. The van der Waals surface area contributed by atoms with Crippen LogP contribution in [0, 0.1) is 0 Å². The van der Waals surface area contributed by atoms with E-state index in [-0.39, 0.29) is 0 Å². The van der Waals surface area contributed by atoms with E-state index in [1.165, 1.54) is 5.56 Å². The fourth-order valence-electron chi connectivity index (χ4n) is 1.95. The van der Waals surface area contributed by atoms with E-state index in [0.29, 0.717) is 0 Å². The average molecular weight is 360 g/mol. The maximum atomic E-state index is 5.99. The van der Waals surface area contributed by atoms with Crippen LogP contribution in [0.5, 0.6) is 0 Å². The maximum absolute atomic E-state index is 5.99. The molecule has 0 saturated carbocycles. The first-order valence-corrected chi connectivity index (χ1v) is 8.27. The number of rotatable bonds is 4. The quantitative estimate of drug-likeness (QED) is 0.550. The van der Waals surface area contributed by atoms with Gasteiger partial charge in [0.15, 0.2) is 0 Å². The van der Waals surface area contributed by atoms with Crippen molar-refractivity contribution in [1.29, 1.82) is 0 Å². The Balaban J connectivity index is 1.72. The number of thioether (sulfide) groups is 1. The maximum Gasteiger partial charge on any atom is 0.0645 e. The first-order chi connectivity index (χ1) is 10.2. The lowest BCUT2D eigenvalue weighted by atomic mass is 10.3. The van der Waals surface area contributed by atoms with E-state index in [0.717, 1.165) is 26.5 Å². The van der Waals surface area contributed by atoms with E-state index in [1.54, 1.807) is 11.8 Å². The number of aromatic nitrogens is 2. The molecule has 3 rings (SSSR count). The van der Waals surface area contributed by atoms with E-state index in [1.807, 2.05) is 59.4 Å². The fraction of sp³-hybridized carbons (Fsp3) is 0.0625. The first-order valence-electron chi connectivity index (χ1n) is 6.49. The lowest BCUT2D eigenvalue weighted by Crippen LogP contribution is -1.92. The summed E-state index contributed by atoms with van der Waals surface area (Å²) in [5, 5.41) is 4.40. The Labute approximate surface area is 136 Å². The zero-order valence-corrected chi connectivity index (χ0v) is 13.6. The lowest BCUT2D eigenvalue weighted by molar-refractivity contribution is 0.880. The van der Waals surface area contributed by atoms with Crippen molar-refractivity contribution in [3.8, 4) is 5.69 Å². The van der Waals surface area contributed by atoms with Gasteiger partial charge in [-0.1, -0.05) is 34.1 Å². The highest BCUT2D eigenvalue weighted by Gasteiger charge is 2.04. The Bertz CT molecular complexity index is 740. The first kappa shape index (κ1) is 14.2. The second-order valence-corrected chi connectivity index (χ2v) is 6.53. The van der Waals surface area contributed by atoms with Crippen LogP contribution in [0.4, 0.5) is 5.69 Å².